The molecule has 14 heteroatoms. The topological polar surface area (TPSA) is 134 Å². The number of carbonyl (C=O) groups is 2. The molecule has 0 radical (unpaired) electrons. The van der Waals surface area contributed by atoms with E-state index in [4.69, 9.17) is 33.2 Å². The van der Waals surface area contributed by atoms with Crippen LogP contribution in [0, 0.1) is 0 Å². The molecule has 2 aromatic rings. The highest BCUT2D eigenvalue weighted by molar-refractivity contribution is 7.82. The maximum Gasteiger partial charge on any atom is 0.407 e. The third-order valence-corrected chi connectivity index (χ3v) is 7.96. The molecule has 1 N–H and O–H groups in total. The van der Waals surface area contributed by atoms with Crippen LogP contribution < -0.4 is 33.7 Å². The summed E-state index contributed by atoms with van der Waals surface area (Å²) in [7, 11) is 7.21. The van der Waals surface area contributed by atoms with E-state index >= 15 is 0 Å². The summed E-state index contributed by atoms with van der Waals surface area (Å²) in [6, 6.07) is 5.83. The van der Waals surface area contributed by atoms with Gasteiger partial charge in [0.15, 0.2) is 23.0 Å². The first-order valence-electron chi connectivity index (χ1n) is 13.1. The first kappa shape index (κ1) is 32.6. The van der Waals surface area contributed by atoms with Gasteiger partial charge in [0.1, 0.15) is 11.0 Å². The van der Waals surface area contributed by atoms with Gasteiger partial charge in [-0.3, -0.25) is 4.79 Å². The van der Waals surface area contributed by atoms with Crippen LogP contribution in [0.4, 0.5) is 4.79 Å². The third kappa shape index (κ3) is 7.29. The van der Waals surface area contributed by atoms with Crippen LogP contribution in [0.25, 0.3) is 0 Å². The molecule has 0 saturated carbocycles. The van der Waals surface area contributed by atoms with Gasteiger partial charge in [-0.1, -0.05) is 0 Å². The number of nitrogens with one attached hydrogen (secondary N) is 1. The summed E-state index contributed by atoms with van der Waals surface area (Å²) >= 11 is 0. The van der Waals surface area contributed by atoms with Gasteiger partial charge in [-0.05, 0) is 26.0 Å². The number of amides is 2. The number of hydrogen-bond donors (Lipinski definition) is 1. The molecule has 1 aliphatic rings. The van der Waals surface area contributed by atoms with E-state index in [-0.39, 0.29) is 38.2 Å². The molecule has 0 spiro atoms. The molecule has 0 aromatic heterocycles. The highest BCUT2D eigenvalue weighted by atomic mass is 32.2. The quantitative estimate of drug-likeness (QED) is 0.383. The van der Waals surface area contributed by atoms with Gasteiger partial charge in [0.05, 0.1) is 59.7 Å². The molecule has 42 heavy (non-hydrogen) atoms. The van der Waals surface area contributed by atoms with Crippen LogP contribution in [-0.4, -0.2) is 106 Å². The lowest BCUT2D eigenvalue weighted by Crippen LogP contribution is -2.59. The number of carbonyl (C=O) groups excluding carboxylic acids is 2. The number of rotatable bonds is 12. The highest BCUT2D eigenvalue weighted by Gasteiger charge is 2.35. The van der Waals surface area contributed by atoms with Gasteiger partial charge >= 0.3 is 6.09 Å². The summed E-state index contributed by atoms with van der Waals surface area (Å²) in [6.07, 6.45) is -0.939. The number of methoxy groups -OCH3 is 6. The van der Waals surface area contributed by atoms with Crippen molar-refractivity contribution in [3.63, 3.8) is 0 Å². The Morgan fingerprint density at radius 1 is 0.833 bits per heavy atom. The van der Waals surface area contributed by atoms with Crippen molar-refractivity contribution < 1.29 is 47.0 Å². The number of hydrogen-bond acceptors (Lipinski definition) is 10. The largest absolute Gasteiger partial charge is 0.493 e. The zero-order valence-electron chi connectivity index (χ0n) is 25.2. The van der Waals surface area contributed by atoms with Crippen molar-refractivity contribution in [3.05, 3.63) is 29.8 Å². The van der Waals surface area contributed by atoms with Crippen molar-refractivity contribution in [2.24, 2.45) is 0 Å². The van der Waals surface area contributed by atoms with Crippen LogP contribution >= 0.6 is 0 Å². The molecule has 2 atom stereocenters. The van der Waals surface area contributed by atoms with E-state index in [0.717, 1.165) is 0 Å². The third-order valence-electron chi connectivity index (χ3n) is 6.52. The molecule has 1 aliphatic heterocycles. The molecule has 0 bridgehead atoms. The number of alkyl carbamates (subject to hydrolysis) is 1. The Balaban J connectivity index is 1.93. The highest BCUT2D eigenvalue weighted by Crippen LogP contribution is 2.40. The van der Waals surface area contributed by atoms with E-state index in [0.29, 0.717) is 45.0 Å². The molecule has 3 rings (SSSR count). The van der Waals surface area contributed by atoms with Crippen molar-refractivity contribution in [2.45, 2.75) is 30.9 Å². The first-order chi connectivity index (χ1) is 20.1. The fraction of sp³-hybridized carbons (Fsp3) is 0.500. The fourth-order valence-corrected chi connectivity index (χ4v) is 5.82. The summed E-state index contributed by atoms with van der Waals surface area (Å²) in [6.45, 7) is 4.22. The molecular formula is C28H39N3O10S. The lowest BCUT2D eigenvalue weighted by atomic mass is 10.1. The summed E-state index contributed by atoms with van der Waals surface area (Å²) in [5.74, 6) is 1.81. The SMILES string of the molecule is COc1cc(C(=O)N2CCN(S(=O)c3cc(OC)c(OC)c(OC)c3)CC2CNC(=O)OC(C)C)cc(OC)c1OC. The minimum absolute atomic E-state index is 0.0602. The maximum absolute atomic E-state index is 13.8. The average molecular weight is 610 g/mol. The normalized spacial score (nSPS) is 15.9. The predicted molar refractivity (Wildman–Crippen MR) is 155 cm³/mol. The van der Waals surface area contributed by atoms with E-state index in [9.17, 15) is 13.8 Å². The Hall–Kier alpha value is -3.91. The molecule has 1 heterocycles. The Morgan fingerprint density at radius 3 is 1.79 bits per heavy atom. The Morgan fingerprint density at radius 2 is 1.33 bits per heavy atom. The van der Waals surface area contributed by atoms with Gasteiger partial charge in [0, 0.05) is 43.9 Å². The molecule has 232 valence electrons. The minimum atomic E-state index is -1.66. The fourth-order valence-electron chi connectivity index (χ4n) is 4.55. The van der Waals surface area contributed by atoms with Crippen LogP contribution in [0.5, 0.6) is 34.5 Å². The molecule has 1 saturated heterocycles. The van der Waals surface area contributed by atoms with Gasteiger partial charge in [-0.25, -0.2) is 13.3 Å². The van der Waals surface area contributed by atoms with E-state index in [1.54, 1.807) is 47.3 Å². The predicted octanol–water partition coefficient (Wildman–Crippen LogP) is 2.72. The van der Waals surface area contributed by atoms with Gasteiger partial charge in [0.25, 0.3) is 5.91 Å². The van der Waals surface area contributed by atoms with Crippen LogP contribution in [0.15, 0.2) is 29.2 Å². The van der Waals surface area contributed by atoms with Crippen molar-refractivity contribution in [1.29, 1.82) is 0 Å². The van der Waals surface area contributed by atoms with Crippen molar-refractivity contribution in [3.8, 4) is 34.5 Å². The van der Waals surface area contributed by atoms with Gasteiger partial charge in [0.2, 0.25) is 11.5 Å². The van der Waals surface area contributed by atoms with E-state index in [2.05, 4.69) is 5.32 Å². The Labute approximate surface area is 248 Å². The summed E-state index contributed by atoms with van der Waals surface area (Å²) < 4.78 is 53.2. The number of piperazine rings is 1. The van der Waals surface area contributed by atoms with Gasteiger partial charge < -0.3 is 43.4 Å². The number of benzene rings is 2. The second kappa shape index (κ2) is 14.8. The Kier molecular flexibility index (Phi) is 11.5. The van der Waals surface area contributed by atoms with Gasteiger partial charge in [-0.15, -0.1) is 0 Å². The molecule has 2 aromatic carbocycles. The lowest BCUT2D eigenvalue weighted by molar-refractivity contribution is 0.0555. The summed E-state index contributed by atoms with van der Waals surface area (Å²) in [5, 5.41) is 2.73. The smallest absolute Gasteiger partial charge is 0.407 e. The van der Waals surface area contributed by atoms with Crippen LogP contribution in [0.2, 0.25) is 0 Å². The molecular weight excluding hydrogens is 570 g/mol. The van der Waals surface area contributed by atoms with Crippen LogP contribution in [0.1, 0.15) is 24.2 Å². The summed E-state index contributed by atoms with van der Waals surface area (Å²) in [4.78, 5) is 28.2. The number of nitrogens with zero attached hydrogens (tertiary/aromatic N) is 2. The van der Waals surface area contributed by atoms with Gasteiger partial charge in [-0.2, -0.15) is 0 Å². The summed E-state index contributed by atoms with van der Waals surface area (Å²) in [5.41, 5.74) is 0.304. The maximum atomic E-state index is 13.8. The van der Waals surface area contributed by atoms with E-state index < -0.39 is 23.1 Å². The van der Waals surface area contributed by atoms with Crippen molar-refractivity contribution in [1.82, 2.24) is 14.5 Å². The second-order valence-electron chi connectivity index (χ2n) is 9.40. The molecule has 13 nitrogen and oxygen atoms in total. The van der Waals surface area contributed by atoms with Crippen molar-refractivity contribution >= 4 is 23.0 Å². The molecule has 1 fully saturated rings. The zero-order valence-corrected chi connectivity index (χ0v) is 26.0. The van der Waals surface area contributed by atoms with E-state index in [1.165, 1.54) is 42.7 Å². The zero-order chi connectivity index (χ0) is 31.0. The van der Waals surface area contributed by atoms with Crippen molar-refractivity contribution in [2.75, 3.05) is 68.8 Å². The molecule has 0 aliphatic carbocycles. The number of ether oxygens (including phenoxy) is 7. The van der Waals surface area contributed by atoms with Crippen LogP contribution in [-0.2, 0) is 15.7 Å². The first-order valence-corrected chi connectivity index (χ1v) is 14.2. The minimum Gasteiger partial charge on any atom is -0.493 e. The monoisotopic (exact) mass is 609 g/mol. The average Bonchev–Trinajstić information content (AvgIpc) is 3.00. The molecule has 2 unspecified atom stereocenters. The van der Waals surface area contributed by atoms with Crippen LogP contribution in [0.3, 0.4) is 0 Å². The Bertz CT molecular complexity index is 1240. The standard InChI is InChI=1S/C28H39N3O10S/c1-17(2)41-28(33)29-15-19-16-30(42(34)20-13-23(37-5)26(40-8)24(14-20)38-6)9-10-31(19)27(32)18-11-21(35-3)25(39-7)22(12-18)36-4/h11-14,17,19H,9-10,15-16H2,1-8H3,(H,29,33). The molecule has 2 amide bonds. The lowest BCUT2D eigenvalue weighted by Gasteiger charge is -2.40. The van der Waals surface area contributed by atoms with E-state index in [1.807, 2.05) is 0 Å². The second-order valence-corrected chi connectivity index (χ2v) is 10.9.